The van der Waals surface area contributed by atoms with Crippen molar-refractivity contribution in [2.45, 2.75) is 51.3 Å². The van der Waals surface area contributed by atoms with Crippen molar-refractivity contribution in [1.29, 1.82) is 0 Å². The third kappa shape index (κ3) is 3.77. The summed E-state index contributed by atoms with van der Waals surface area (Å²) in [5, 5.41) is 4.53. The molecule has 0 atom stereocenters. The predicted molar refractivity (Wildman–Crippen MR) is 130 cm³/mol. The Hall–Kier alpha value is -3.20. The number of aromatic amines is 1. The van der Waals surface area contributed by atoms with Crippen LogP contribution in [0, 0.1) is 26.7 Å². The van der Waals surface area contributed by atoms with E-state index in [4.69, 9.17) is 4.52 Å². The third-order valence-electron chi connectivity index (χ3n) is 7.01. The van der Waals surface area contributed by atoms with Crippen LogP contribution in [0.5, 0.6) is 0 Å². The van der Waals surface area contributed by atoms with E-state index >= 15 is 0 Å². The van der Waals surface area contributed by atoms with E-state index in [0.29, 0.717) is 39.2 Å². The Morgan fingerprint density at radius 3 is 2.50 bits per heavy atom. The van der Waals surface area contributed by atoms with Crippen LogP contribution in [0.1, 0.15) is 43.0 Å². The van der Waals surface area contributed by atoms with Crippen molar-refractivity contribution in [2.75, 3.05) is 5.75 Å². The largest absolute Gasteiger partial charge is 0.361 e. The molecule has 0 amide bonds. The number of pyridine rings is 1. The lowest BCUT2D eigenvalue weighted by Gasteiger charge is -2.15. The van der Waals surface area contributed by atoms with Crippen LogP contribution in [0.25, 0.3) is 33.3 Å². The van der Waals surface area contributed by atoms with Gasteiger partial charge in [-0.1, -0.05) is 18.0 Å². The second-order valence-electron chi connectivity index (χ2n) is 9.33. The molecule has 0 spiro atoms. The molecule has 4 aromatic rings. The summed E-state index contributed by atoms with van der Waals surface area (Å²) in [5.41, 5.74) is 3.26. The summed E-state index contributed by atoms with van der Waals surface area (Å²) < 4.78 is 34.6. The Labute approximate surface area is 197 Å². The van der Waals surface area contributed by atoms with Crippen LogP contribution in [-0.2, 0) is 16.9 Å². The van der Waals surface area contributed by atoms with Gasteiger partial charge in [-0.25, -0.2) is 13.4 Å². The summed E-state index contributed by atoms with van der Waals surface area (Å²) in [5.74, 6) is 1.62. The molecule has 3 heterocycles. The number of H-pyrrole nitrogens is 1. The molecule has 5 rings (SSSR count). The molecule has 8 nitrogen and oxygen atoms in total. The van der Waals surface area contributed by atoms with Crippen LogP contribution < -0.4 is 5.56 Å². The molecule has 178 valence electrons. The molecular formula is C25H28N4O4S. The molecule has 1 aliphatic rings. The average molecular weight is 481 g/mol. The Morgan fingerprint density at radius 2 is 1.88 bits per heavy atom. The molecule has 1 aliphatic carbocycles. The normalized spacial score (nSPS) is 14.9. The minimum Gasteiger partial charge on any atom is -0.361 e. The Bertz CT molecular complexity index is 1550. The van der Waals surface area contributed by atoms with E-state index in [0.717, 1.165) is 37.1 Å². The van der Waals surface area contributed by atoms with E-state index in [1.165, 1.54) is 0 Å². The Kier molecular flexibility index (Phi) is 5.47. The highest BCUT2D eigenvalue weighted by Gasteiger charge is 2.28. The maximum atomic E-state index is 13.7. The van der Waals surface area contributed by atoms with Gasteiger partial charge >= 0.3 is 0 Å². The van der Waals surface area contributed by atoms with Crippen LogP contribution in [-0.4, -0.2) is 33.9 Å². The number of aromatic nitrogens is 4. The zero-order valence-electron chi connectivity index (χ0n) is 19.8. The maximum absolute atomic E-state index is 13.7. The van der Waals surface area contributed by atoms with Crippen molar-refractivity contribution in [1.82, 2.24) is 19.7 Å². The van der Waals surface area contributed by atoms with Gasteiger partial charge in [0.05, 0.1) is 39.3 Å². The lowest BCUT2D eigenvalue weighted by atomic mass is 10.0. The molecule has 0 saturated heterocycles. The van der Waals surface area contributed by atoms with Gasteiger partial charge in [0.15, 0.2) is 9.84 Å². The third-order valence-corrected chi connectivity index (χ3v) is 8.93. The zero-order chi connectivity index (χ0) is 24.2. The summed E-state index contributed by atoms with van der Waals surface area (Å²) in [6.45, 7) is 5.47. The lowest BCUT2D eigenvalue weighted by Crippen LogP contribution is -2.16. The van der Waals surface area contributed by atoms with E-state index in [1.807, 2.05) is 25.5 Å². The molecule has 1 saturated carbocycles. The van der Waals surface area contributed by atoms with Gasteiger partial charge in [0.25, 0.3) is 5.56 Å². The van der Waals surface area contributed by atoms with Gasteiger partial charge in [-0.3, -0.25) is 4.79 Å². The van der Waals surface area contributed by atoms with Crippen molar-refractivity contribution in [3.8, 4) is 22.4 Å². The minimum atomic E-state index is -3.62. The SMILES string of the molecule is Cc1noc(C)c1-c1cc(S(=O)(=O)CC2CCCC2)c2cc(-c3cnc(C)n3C)c(=O)[nH]c2c1. The van der Waals surface area contributed by atoms with Gasteiger partial charge < -0.3 is 14.1 Å². The molecule has 34 heavy (non-hydrogen) atoms. The van der Waals surface area contributed by atoms with Crippen molar-refractivity contribution < 1.29 is 12.9 Å². The number of sulfone groups is 1. The quantitative estimate of drug-likeness (QED) is 0.451. The standard InChI is InChI=1S/C25H28N4O4S/c1-14-24(15(2)33-28-14)18-9-21-19(23(10-18)34(31,32)13-17-7-5-6-8-17)11-20(25(30)27-21)22-12-26-16(3)29(22)4/h9-12,17H,5-8,13H2,1-4H3,(H,27,30). The number of imidazole rings is 1. The fraction of sp³-hybridized carbons (Fsp3) is 0.400. The Balaban J connectivity index is 1.78. The molecule has 3 aromatic heterocycles. The minimum absolute atomic E-state index is 0.104. The van der Waals surface area contributed by atoms with E-state index in [1.54, 1.807) is 31.3 Å². The molecule has 0 bridgehead atoms. The van der Waals surface area contributed by atoms with Gasteiger partial charge in [0.2, 0.25) is 0 Å². The van der Waals surface area contributed by atoms with Gasteiger partial charge in [0, 0.05) is 18.0 Å². The van der Waals surface area contributed by atoms with Crippen molar-refractivity contribution in [3.63, 3.8) is 0 Å². The monoisotopic (exact) mass is 480 g/mol. The van der Waals surface area contributed by atoms with Crippen molar-refractivity contribution in [3.05, 3.63) is 52.0 Å². The van der Waals surface area contributed by atoms with Gasteiger partial charge in [-0.05, 0) is 63.3 Å². The number of hydrogen-bond acceptors (Lipinski definition) is 6. The molecule has 1 aromatic carbocycles. The smallest absolute Gasteiger partial charge is 0.257 e. The number of nitrogens with zero attached hydrogens (tertiary/aromatic N) is 3. The highest BCUT2D eigenvalue weighted by Crippen LogP contribution is 2.36. The summed E-state index contributed by atoms with van der Waals surface area (Å²) in [4.78, 5) is 20.5. The molecule has 1 fully saturated rings. The van der Waals surface area contributed by atoms with Crippen LogP contribution in [0.15, 0.2) is 38.6 Å². The molecule has 0 unspecified atom stereocenters. The fourth-order valence-electron chi connectivity index (χ4n) is 5.09. The number of hydrogen-bond donors (Lipinski definition) is 1. The van der Waals surface area contributed by atoms with Crippen LogP contribution in [0.2, 0.25) is 0 Å². The predicted octanol–water partition coefficient (Wildman–Crippen LogP) is 4.47. The van der Waals surface area contributed by atoms with Crippen LogP contribution in [0.3, 0.4) is 0 Å². The van der Waals surface area contributed by atoms with Gasteiger partial charge in [-0.15, -0.1) is 0 Å². The number of aryl methyl sites for hydroxylation is 3. The zero-order valence-corrected chi connectivity index (χ0v) is 20.6. The van der Waals surface area contributed by atoms with Gasteiger partial charge in [0.1, 0.15) is 11.6 Å². The molecule has 0 radical (unpaired) electrons. The molecular weight excluding hydrogens is 452 g/mol. The van der Waals surface area contributed by atoms with E-state index in [2.05, 4.69) is 15.1 Å². The summed E-state index contributed by atoms with van der Waals surface area (Å²) in [7, 11) is -1.79. The lowest BCUT2D eigenvalue weighted by molar-refractivity contribution is 0.393. The second-order valence-corrected chi connectivity index (χ2v) is 11.3. The number of rotatable bonds is 5. The first kappa shape index (κ1) is 22.6. The van der Waals surface area contributed by atoms with Crippen molar-refractivity contribution in [2.24, 2.45) is 13.0 Å². The first-order valence-corrected chi connectivity index (χ1v) is 13.2. The molecule has 9 heteroatoms. The van der Waals surface area contributed by atoms with Crippen molar-refractivity contribution >= 4 is 20.7 Å². The average Bonchev–Trinajstić information content (AvgIpc) is 3.49. The van der Waals surface area contributed by atoms with Crippen LogP contribution in [0.4, 0.5) is 0 Å². The highest BCUT2D eigenvalue weighted by molar-refractivity contribution is 7.91. The second kappa shape index (κ2) is 8.23. The molecule has 0 aliphatic heterocycles. The number of nitrogens with one attached hydrogen (secondary N) is 1. The summed E-state index contributed by atoms with van der Waals surface area (Å²) in [6.07, 6.45) is 5.62. The highest BCUT2D eigenvalue weighted by atomic mass is 32.2. The first-order chi connectivity index (χ1) is 16.2. The van der Waals surface area contributed by atoms with E-state index in [9.17, 15) is 13.2 Å². The molecule has 1 N–H and O–H groups in total. The van der Waals surface area contributed by atoms with Crippen LogP contribution >= 0.6 is 0 Å². The number of benzene rings is 1. The fourth-order valence-corrected chi connectivity index (χ4v) is 7.04. The summed E-state index contributed by atoms with van der Waals surface area (Å²) in [6, 6.07) is 5.19. The number of fused-ring (bicyclic) bond motifs is 1. The summed E-state index contributed by atoms with van der Waals surface area (Å²) >= 11 is 0. The topological polar surface area (TPSA) is 111 Å². The van der Waals surface area contributed by atoms with E-state index < -0.39 is 9.84 Å². The maximum Gasteiger partial charge on any atom is 0.257 e. The van der Waals surface area contributed by atoms with E-state index in [-0.39, 0.29) is 22.1 Å². The first-order valence-electron chi connectivity index (χ1n) is 11.5. The van der Waals surface area contributed by atoms with Gasteiger partial charge in [-0.2, -0.15) is 0 Å². The Morgan fingerprint density at radius 1 is 1.15 bits per heavy atom.